The number of hydrogen-bond acceptors (Lipinski definition) is 0. The summed E-state index contributed by atoms with van der Waals surface area (Å²) >= 11 is 0. The number of quaternary nitrogens is 1. The van der Waals surface area contributed by atoms with Gasteiger partial charge in [0.2, 0.25) is 0 Å². The van der Waals surface area contributed by atoms with E-state index in [1.54, 1.807) is 0 Å². The van der Waals surface area contributed by atoms with Crippen LogP contribution in [0.4, 0.5) is 0 Å². The zero-order valence-corrected chi connectivity index (χ0v) is 11.1. The highest BCUT2D eigenvalue weighted by Crippen LogP contribution is 2.21. The van der Waals surface area contributed by atoms with Gasteiger partial charge in [-0.15, -0.1) is 0 Å². The predicted molar refractivity (Wildman–Crippen MR) is 68.0 cm³/mol. The Balaban J connectivity index is 2.39. The smallest absolute Gasteiger partial charge is 0.0884 e. The summed E-state index contributed by atoms with van der Waals surface area (Å²) in [7, 11) is 7.10. The van der Waals surface area contributed by atoms with E-state index in [2.05, 4.69) is 21.1 Å². The minimum absolute atomic E-state index is 0.906. The normalized spacial score (nSPS) is 23.4. The molecule has 90 valence electrons. The van der Waals surface area contributed by atoms with Crippen LogP contribution in [0.3, 0.4) is 0 Å². The van der Waals surface area contributed by atoms with Gasteiger partial charge >= 0.3 is 0 Å². The van der Waals surface area contributed by atoms with Gasteiger partial charge in [-0.3, -0.25) is 0 Å². The van der Waals surface area contributed by atoms with Crippen molar-refractivity contribution in [3.05, 3.63) is 0 Å². The van der Waals surface area contributed by atoms with E-state index in [-0.39, 0.29) is 0 Å². The summed E-state index contributed by atoms with van der Waals surface area (Å²) in [4.78, 5) is 0. The van der Waals surface area contributed by atoms with Crippen LogP contribution in [0.2, 0.25) is 0 Å². The number of hydrogen-bond donors (Lipinski definition) is 0. The lowest BCUT2D eigenvalue weighted by Crippen LogP contribution is -2.45. The Hall–Kier alpha value is -0.0400. The Morgan fingerprint density at radius 3 is 1.27 bits per heavy atom. The molecular weight excluding hydrogens is 182 g/mol. The third-order valence-electron chi connectivity index (χ3n) is 3.92. The first kappa shape index (κ1) is 13.0. The van der Waals surface area contributed by atoms with Gasteiger partial charge in [-0.2, -0.15) is 0 Å². The zero-order chi connectivity index (χ0) is 11.1. The Labute approximate surface area is 96.4 Å². The summed E-state index contributed by atoms with van der Waals surface area (Å²) in [6, 6.07) is 0.906. The molecule has 0 saturated heterocycles. The lowest BCUT2D eigenvalue weighted by atomic mass is 10.0. The first-order valence-electron chi connectivity index (χ1n) is 6.92. The Morgan fingerprint density at radius 1 is 0.600 bits per heavy atom. The van der Waals surface area contributed by atoms with E-state index < -0.39 is 0 Å². The molecule has 1 aliphatic carbocycles. The van der Waals surface area contributed by atoms with E-state index in [0.717, 1.165) is 6.04 Å². The zero-order valence-electron chi connectivity index (χ0n) is 11.1. The van der Waals surface area contributed by atoms with Gasteiger partial charge in [0.05, 0.1) is 27.2 Å². The van der Waals surface area contributed by atoms with Gasteiger partial charge in [0.25, 0.3) is 0 Å². The van der Waals surface area contributed by atoms with E-state index in [1.807, 2.05) is 0 Å². The van der Waals surface area contributed by atoms with Crippen LogP contribution in [-0.4, -0.2) is 31.7 Å². The molecule has 1 aliphatic rings. The summed E-state index contributed by atoms with van der Waals surface area (Å²) in [5.41, 5.74) is 0. The maximum Gasteiger partial charge on any atom is 0.0884 e. The largest absolute Gasteiger partial charge is 0.328 e. The quantitative estimate of drug-likeness (QED) is 0.577. The fraction of sp³-hybridized carbons (Fsp3) is 1.00. The van der Waals surface area contributed by atoms with Crippen LogP contribution in [0.25, 0.3) is 0 Å². The summed E-state index contributed by atoms with van der Waals surface area (Å²) < 4.78 is 1.17. The molecular formula is C14H30N+. The van der Waals surface area contributed by atoms with Crippen LogP contribution in [0, 0.1) is 0 Å². The molecule has 0 atom stereocenters. The first-order chi connectivity index (χ1) is 7.11. The van der Waals surface area contributed by atoms with Crippen LogP contribution in [0.15, 0.2) is 0 Å². The number of rotatable bonds is 1. The van der Waals surface area contributed by atoms with Crippen molar-refractivity contribution in [1.29, 1.82) is 0 Å². The van der Waals surface area contributed by atoms with Crippen LogP contribution in [0.1, 0.15) is 64.2 Å². The Morgan fingerprint density at radius 2 is 0.933 bits per heavy atom. The van der Waals surface area contributed by atoms with Gasteiger partial charge in [-0.25, -0.2) is 0 Å². The molecule has 0 bridgehead atoms. The molecule has 0 N–H and O–H groups in total. The average Bonchev–Trinajstić information content (AvgIpc) is 2.20. The monoisotopic (exact) mass is 212 g/mol. The first-order valence-corrected chi connectivity index (χ1v) is 6.92. The van der Waals surface area contributed by atoms with E-state index >= 15 is 0 Å². The van der Waals surface area contributed by atoms with Crippen molar-refractivity contribution in [2.24, 2.45) is 0 Å². The second-order valence-electron chi connectivity index (χ2n) is 6.18. The van der Waals surface area contributed by atoms with Gasteiger partial charge in [0, 0.05) is 0 Å². The van der Waals surface area contributed by atoms with Gasteiger partial charge in [0.15, 0.2) is 0 Å². The lowest BCUT2D eigenvalue weighted by molar-refractivity contribution is -0.896. The number of nitrogens with zero attached hydrogens (tertiary/aromatic N) is 1. The van der Waals surface area contributed by atoms with Crippen molar-refractivity contribution >= 4 is 0 Å². The fourth-order valence-corrected chi connectivity index (χ4v) is 2.74. The van der Waals surface area contributed by atoms with Crippen LogP contribution in [-0.2, 0) is 0 Å². The van der Waals surface area contributed by atoms with Crippen molar-refractivity contribution < 1.29 is 4.48 Å². The lowest BCUT2D eigenvalue weighted by Gasteiger charge is -2.34. The van der Waals surface area contributed by atoms with E-state index in [0.29, 0.717) is 0 Å². The van der Waals surface area contributed by atoms with Crippen molar-refractivity contribution in [2.75, 3.05) is 21.1 Å². The van der Waals surface area contributed by atoms with Gasteiger partial charge in [0.1, 0.15) is 0 Å². The highest BCUT2D eigenvalue weighted by Gasteiger charge is 2.22. The third-order valence-corrected chi connectivity index (χ3v) is 3.92. The van der Waals surface area contributed by atoms with Crippen molar-refractivity contribution in [2.45, 2.75) is 70.3 Å². The molecule has 0 aromatic heterocycles. The Kier molecular flexibility index (Phi) is 5.66. The summed E-state index contributed by atoms with van der Waals surface area (Å²) in [6.45, 7) is 0. The SMILES string of the molecule is C[N+](C)(C)C1CCCCCCCCCC1. The second kappa shape index (κ2) is 6.52. The highest BCUT2D eigenvalue weighted by atomic mass is 15.3. The van der Waals surface area contributed by atoms with E-state index in [4.69, 9.17) is 0 Å². The van der Waals surface area contributed by atoms with Crippen molar-refractivity contribution in [3.8, 4) is 0 Å². The minimum atomic E-state index is 0.906. The van der Waals surface area contributed by atoms with Gasteiger partial charge < -0.3 is 4.48 Å². The van der Waals surface area contributed by atoms with Crippen LogP contribution < -0.4 is 0 Å². The molecule has 0 spiro atoms. The van der Waals surface area contributed by atoms with Gasteiger partial charge in [-0.1, -0.05) is 38.5 Å². The Bertz CT molecular complexity index is 145. The average molecular weight is 212 g/mol. The summed E-state index contributed by atoms with van der Waals surface area (Å²) in [5.74, 6) is 0. The van der Waals surface area contributed by atoms with E-state index in [1.165, 1.54) is 68.7 Å². The molecule has 0 radical (unpaired) electrons. The fourth-order valence-electron chi connectivity index (χ4n) is 2.74. The molecule has 0 unspecified atom stereocenters. The molecule has 0 aliphatic heterocycles. The molecule has 0 amide bonds. The van der Waals surface area contributed by atoms with E-state index in [9.17, 15) is 0 Å². The maximum absolute atomic E-state index is 2.37. The van der Waals surface area contributed by atoms with Crippen LogP contribution >= 0.6 is 0 Å². The topological polar surface area (TPSA) is 0 Å². The minimum Gasteiger partial charge on any atom is -0.328 e. The molecule has 0 aromatic carbocycles. The van der Waals surface area contributed by atoms with Gasteiger partial charge in [-0.05, 0) is 25.7 Å². The molecule has 1 fully saturated rings. The molecule has 1 saturated carbocycles. The third kappa shape index (κ3) is 5.55. The van der Waals surface area contributed by atoms with Crippen LogP contribution in [0.5, 0.6) is 0 Å². The second-order valence-corrected chi connectivity index (χ2v) is 6.18. The summed E-state index contributed by atoms with van der Waals surface area (Å²) in [6.07, 6.45) is 14.7. The molecule has 1 heteroatoms. The van der Waals surface area contributed by atoms with Crippen molar-refractivity contribution in [1.82, 2.24) is 0 Å². The summed E-state index contributed by atoms with van der Waals surface area (Å²) in [5, 5.41) is 0. The van der Waals surface area contributed by atoms with Crippen molar-refractivity contribution in [3.63, 3.8) is 0 Å². The standard InChI is InChI=1S/C14H30N/c1-15(2,3)14-12-10-8-6-4-5-7-9-11-13-14/h14H,4-13H2,1-3H3/q+1. The molecule has 0 aromatic rings. The maximum atomic E-state index is 2.37. The highest BCUT2D eigenvalue weighted by molar-refractivity contribution is 4.61. The molecule has 0 heterocycles. The molecule has 15 heavy (non-hydrogen) atoms. The molecule has 1 nitrogen and oxygen atoms in total. The predicted octanol–water partition coefficient (Wildman–Crippen LogP) is 3.98. The molecule has 1 rings (SSSR count).